The van der Waals surface area contributed by atoms with Gasteiger partial charge in [0.2, 0.25) is 0 Å². The van der Waals surface area contributed by atoms with Crippen LogP contribution in [0.5, 0.6) is 17.2 Å². The molecule has 1 N–H and O–H groups in total. The summed E-state index contributed by atoms with van der Waals surface area (Å²) in [6.07, 6.45) is 0. The number of hydrogen-bond acceptors (Lipinski definition) is 8. The molecule has 2 aromatic carbocycles. The van der Waals surface area contributed by atoms with E-state index in [-0.39, 0.29) is 11.3 Å². The van der Waals surface area contributed by atoms with E-state index in [2.05, 4.69) is 4.90 Å². The van der Waals surface area contributed by atoms with Gasteiger partial charge in [-0.15, -0.1) is 0 Å². The number of rotatable bonds is 12. The second-order valence-electron chi connectivity index (χ2n) is 8.71. The highest BCUT2D eigenvalue weighted by Crippen LogP contribution is 2.41. The molecule has 0 aliphatic carbocycles. The molecule has 0 radical (unpaired) electrons. The Bertz CT molecular complexity index is 1190. The summed E-state index contributed by atoms with van der Waals surface area (Å²) >= 11 is 0. The number of benzene rings is 2. The molecule has 9 heteroatoms. The standard InChI is InChI=1S/C29H36N2O7/c1-6-30(7-2)16-17-31-26(20-10-12-21(13-11-20)38-19(5)32)25(28(34)29(31)35)27(33)23-15-14-22(36-8-3)18-24(23)37-9-4/h10-15,18,26,33H,6-9,16-17H2,1-5H3/b27-25-. The summed E-state index contributed by atoms with van der Waals surface area (Å²) in [5.74, 6) is -0.995. The van der Waals surface area contributed by atoms with Crippen LogP contribution in [-0.4, -0.2) is 72.0 Å². The number of likely N-dealkylation sites (tertiary alicyclic amines) is 1. The minimum Gasteiger partial charge on any atom is -0.507 e. The van der Waals surface area contributed by atoms with Crippen molar-refractivity contribution in [3.8, 4) is 17.2 Å². The van der Waals surface area contributed by atoms with Crippen molar-refractivity contribution in [2.24, 2.45) is 0 Å². The van der Waals surface area contributed by atoms with Crippen molar-refractivity contribution in [1.82, 2.24) is 9.80 Å². The van der Waals surface area contributed by atoms with E-state index >= 15 is 0 Å². The number of Topliss-reactive ketones (excluding diaryl/α,β-unsaturated/α-hetero) is 1. The minimum atomic E-state index is -0.835. The summed E-state index contributed by atoms with van der Waals surface area (Å²) in [4.78, 5) is 41.7. The first-order chi connectivity index (χ1) is 18.2. The van der Waals surface area contributed by atoms with Crippen molar-refractivity contribution in [3.05, 3.63) is 59.2 Å². The number of aliphatic hydroxyl groups is 1. The van der Waals surface area contributed by atoms with E-state index in [9.17, 15) is 19.5 Å². The summed E-state index contributed by atoms with van der Waals surface area (Å²) in [5.41, 5.74) is 0.864. The molecule has 3 rings (SSSR count). The van der Waals surface area contributed by atoms with Crippen molar-refractivity contribution >= 4 is 23.4 Å². The van der Waals surface area contributed by atoms with Gasteiger partial charge in [0.1, 0.15) is 23.0 Å². The third kappa shape index (κ3) is 6.34. The first-order valence-corrected chi connectivity index (χ1v) is 12.9. The van der Waals surface area contributed by atoms with Crippen LogP contribution in [0.3, 0.4) is 0 Å². The number of carbonyl (C=O) groups is 3. The molecular weight excluding hydrogens is 488 g/mol. The van der Waals surface area contributed by atoms with Crippen LogP contribution in [-0.2, 0) is 14.4 Å². The van der Waals surface area contributed by atoms with Crippen molar-refractivity contribution in [1.29, 1.82) is 0 Å². The monoisotopic (exact) mass is 524 g/mol. The maximum Gasteiger partial charge on any atom is 0.308 e. The van der Waals surface area contributed by atoms with E-state index in [0.717, 1.165) is 13.1 Å². The van der Waals surface area contributed by atoms with E-state index in [1.165, 1.54) is 11.8 Å². The second kappa shape index (κ2) is 13.1. The predicted molar refractivity (Wildman–Crippen MR) is 143 cm³/mol. The molecule has 1 unspecified atom stereocenters. The quantitative estimate of drug-likeness (QED) is 0.145. The summed E-state index contributed by atoms with van der Waals surface area (Å²) in [5, 5.41) is 11.5. The molecule has 38 heavy (non-hydrogen) atoms. The molecule has 1 aliphatic heterocycles. The van der Waals surface area contributed by atoms with Crippen LogP contribution in [0.1, 0.15) is 51.8 Å². The number of likely N-dealkylation sites (N-methyl/N-ethyl adjacent to an activating group) is 1. The highest BCUT2D eigenvalue weighted by Gasteiger charge is 2.46. The topological polar surface area (TPSA) is 106 Å². The van der Waals surface area contributed by atoms with E-state index in [0.29, 0.717) is 54.7 Å². The normalized spacial score (nSPS) is 16.7. The lowest BCUT2D eigenvalue weighted by Gasteiger charge is -2.28. The van der Waals surface area contributed by atoms with Crippen molar-refractivity contribution < 1.29 is 33.7 Å². The maximum absolute atomic E-state index is 13.4. The predicted octanol–water partition coefficient (Wildman–Crippen LogP) is 4.17. The van der Waals surface area contributed by atoms with E-state index < -0.39 is 23.7 Å². The molecule has 2 aromatic rings. The lowest BCUT2D eigenvalue weighted by Crippen LogP contribution is -2.38. The number of esters is 1. The molecule has 1 aliphatic rings. The molecule has 0 saturated carbocycles. The Kier molecular flexibility index (Phi) is 9.90. The summed E-state index contributed by atoms with van der Waals surface area (Å²) in [7, 11) is 0. The fourth-order valence-corrected chi connectivity index (χ4v) is 4.51. The van der Waals surface area contributed by atoms with Crippen LogP contribution in [0.15, 0.2) is 48.0 Å². The van der Waals surface area contributed by atoms with Gasteiger partial charge in [-0.1, -0.05) is 26.0 Å². The van der Waals surface area contributed by atoms with Crippen LogP contribution in [0.4, 0.5) is 0 Å². The molecule has 0 aromatic heterocycles. The third-order valence-electron chi connectivity index (χ3n) is 6.37. The summed E-state index contributed by atoms with van der Waals surface area (Å²) < 4.78 is 16.5. The van der Waals surface area contributed by atoms with E-state index in [4.69, 9.17) is 14.2 Å². The molecular formula is C29H36N2O7. The van der Waals surface area contributed by atoms with Gasteiger partial charge >= 0.3 is 5.97 Å². The van der Waals surface area contributed by atoms with E-state index in [1.807, 2.05) is 27.7 Å². The fraction of sp³-hybridized carbons (Fsp3) is 0.414. The number of hydrogen-bond donors (Lipinski definition) is 1. The van der Waals surface area contributed by atoms with Crippen LogP contribution < -0.4 is 14.2 Å². The van der Waals surface area contributed by atoms with Gasteiger partial charge < -0.3 is 29.1 Å². The highest BCUT2D eigenvalue weighted by molar-refractivity contribution is 6.46. The minimum absolute atomic E-state index is 0.0279. The lowest BCUT2D eigenvalue weighted by atomic mass is 9.95. The molecule has 1 heterocycles. The van der Waals surface area contributed by atoms with Crippen molar-refractivity contribution in [2.75, 3.05) is 39.4 Å². The van der Waals surface area contributed by atoms with Crippen LogP contribution >= 0.6 is 0 Å². The molecule has 9 nitrogen and oxygen atoms in total. The first kappa shape index (κ1) is 28.7. The molecule has 1 saturated heterocycles. The van der Waals surface area contributed by atoms with Gasteiger partial charge in [0.15, 0.2) is 0 Å². The Hall–Kier alpha value is -3.85. The molecule has 1 atom stereocenters. The zero-order valence-electron chi connectivity index (χ0n) is 22.7. The van der Waals surface area contributed by atoms with Gasteiger partial charge in [0, 0.05) is 26.1 Å². The average molecular weight is 525 g/mol. The van der Waals surface area contributed by atoms with E-state index in [1.54, 1.807) is 42.5 Å². The second-order valence-corrected chi connectivity index (χ2v) is 8.71. The van der Waals surface area contributed by atoms with Crippen molar-refractivity contribution in [2.45, 2.75) is 40.7 Å². The number of ketones is 1. The van der Waals surface area contributed by atoms with Gasteiger partial charge in [-0.2, -0.15) is 0 Å². The van der Waals surface area contributed by atoms with Crippen molar-refractivity contribution in [3.63, 3.8) is 0 Å². The zero-order chi connectivity index (χ0) is 27.8. The number of aliphatic hydroxyl groups excluding tert-OH is 1. The molecule has 0 spiro atoms. The smallest absolute Gasteiger partial charge is 0.308 e. The Morgan fingerprint density at radius 2 is 1.58 bits per heavy atom. The third-order valence-corrected chi connectivity index (χ3v) is 6.37. The zero-order valence-corrected chi connectivity index (χ0v) is 22.7. The Morgan fingerprint density at radius 3 is 2.16 bits per heavy atom. The van der Waals surface area contributed by atoms with Gasteiger partial charge in [0.05, 0.1) is 30.4 Å². The summed E-state index contributed by atoms with van der Waals surface area (Å²) in [6.45, 7) is 12.3. The fourth-order valence-electron chi connectivity index (χ4n) is 4.51. The number of carbonyl (C=O) groups excluding carboxylic acids is 3. The largest absolute Gasteiger partial charge is 0.507 e. The Balaban J connectivity index is 2.14. The van der Waals surface area contributed by atoms with Gasteiger partial charge in [0.25, 0.3) is 11.7 Å². The van der Waals surface area contributed by atoms with Gasteiger partial charge in [-0.3, -0.25) is 14.4 Å². The average Bonchev–Trinajstić information content (AvgIpc) is 3.14. The van der Waals surface area contributed by atoms with Crippen LogP contribution in [0.25, 0.3) is 5.76 Å². The lowest BCUT2D eigenvalue weighted by molar-refractivity contribution is -0.140. The molecule has 1 fully saturated rings. The Morgan fingerprint density at radius 1 is 0.947 bits per heavy atom. The maximum atomic E-state index is 13.4. The Labute approximate surface area is 223 Å². The summed E-state index contributed by atoms with van der Waals surface area (Å²) in [6, 6.07) is 10.7. The van der Waals surface area contributed by atoms with Gasteiger partial charge in [-0.05, 0) is 56.8 Å². The highest BCUT2D eigenvalue weighted by atomic mass is 16.5. The number of nitrogens with zero attached hydrogens (tertiary/aromatic N) is 2. The van der Waals surface area contributed by atoms with Gasteiger partial charge in [-0.25, -0.2) is 0 Å². The number of ether oxygens (including phenoxy) is 3. The first-order valence-electron chi connectivity index (χ1n) is 12.9. The molecule has 204 valence electrons. The molecule has 0 bridgehead atoms. The molecule has 1 amide bonds. The SMILES string of the molecule is CCOc1ccc(/C(O)=C2/C(=O)C(=O)N(CCN(CC)CC)C2c2ccc(OC(C)=O)cc2)c(OCC)c1. The van der Waals surface area contributed by atoms with Crippen LogP contribution in [0, 0.1) is 0 Å². The van der Waals surface area contributed by atoms with Crippen LogP contribution in [0.2, 0.25) is 0 Å². The number of amides is 1.